The van der Waals surface area contributed by atoms with Crippen LogP contribution in [0.2, 0.25) is 0 Å². The van der Waals surface area contributed by atoms with E-state index in [0.717, 1.165) is 12.0 Å². The molecule has 24 heavy (non-hydrogen) atoms. The molecular formula is C18H24N4O2. The number of aromatic nitrogens is 3. The molecule has 2 rings (SSSR count). The number of nitrogens with one attached hydrogen (secondary N) is 2. The van der Waals surface area contributed by atoms with Crippen LogP contribution in [0.4, 0.5) is 0 Å². The summed E-state index contributed by atoms with van der Waals surface area (Å²) >= 11 is 0. The summed E-state index contributed by atoms with van der Waals surface area (Å²) in [4.78, 5) is 35.4. The van der Waals surface area contributed by atoms with Crippen LogP contribution < -0.4 is 10.9 Å². The molecule has 6 heteroatoms. The monoisotopic (exact) mass is 328 g/mol. The highest BCUT2D eigenvalue weighted by Gasteiger charge is 2.11. The second-order valence-corrected chi connectivity index (χ2v) is 6.25. The number of carbonyl (C=O) groups excluding carboxylic acids is 1. The van der Waals surface area contributed by atoms with Gasteiger partial charge in [0.15, 0.2) is 0 Å². The van der Waals surface area contributed by atoms with Gasteiger partial charge in [-0.05, 0) is 37.8 Å². The van der Waals surface area contributed by atoms with Crippen LogP contribution in [0, 0.1) is 12.8 Å². The maximum Gasteiger partial charge on any atom is 0.254 e. The first-order valence-electron chi connectivity index (χ1n) is 8.24. The Bertz CT molecular complexity index is 738. The first-order chi connectivity index (χ1) is 11.5. The van der Waals surface area contributed by atoms with Crippen LogP contribution in [0.15, 0.2) is 29.3 Å². The second kappa shape index (κ2) is 8.38. The Hall–Kier alpha value is -2.50. The molecule has 6 nitrogen and oxygen atoms in total. The van der Waals surface area contributed by atoms with Crippen molar-refractivity contribution >= 4 is 5.91 Å². The molecule has 0 atom stereocenters. The predicted octanol–water partition coefficient (Wildman–Crippen LogP) is 2.24. The van der Waals surface area contributed by atoms with E-state index in [1.54, 1.807) is 25.4 Å². The topological polar surface area (TPSA) is 87.7 Å². The number of rotatable bonds is 7. The Morgan fingerprint density at radius 2 is 2.17 bits per heavy atom. The molecule has 0 saturated carbocycles. The molecule has 0 fully saturated rings. The maximum absolute atomic E-state index is 12.3. The van der Waals surface area contributed by atoms with Gasteiger partial charge in [0.25, 0.3) is 5.56 Å². The van der Waals surface area contributed by atoms with Crippen LogP contribution in [-0.4, -0.2) is 27.4 Å². The van der Waals surface area contributed by atoms with E-state index in [2.05, 4.69) is 34.1 Å². The smallest absolute Gasteiger partial charge is 0.254 e. The first-order valence-corrected chi connectivity index (χ1v) is 8.24. The van der Waals surface area contributed by atoms with Crippen LogP contribution in [0.3, 0.4) is 0 Å². The van der Waals surface area contributed by atoms with Crippen LogP contribution in [0.25, 0.3) is 11.4 Å². The molecule has 128 valence electrons. The van der Waals surface area contributed by atoms with Gasteiger partial charge < -0.3 is 10.3 Å². The van der Waals surface area contributed by atoms with Crippen molar-refractivity contribution in [1.29, 1.82) is 0 Å². The van der Waals surface area contributed by atoms with Crippen LogP contribution in [0.1, 0.15) is 37.9 Å². The lowest BCUT2D eigenvalue weighted by atomic mass is 10.1. The first kappa shape index (κ1) is 17.8. The van der Waals surface area contributed by atoms with Crippen molar-refractivity contribution in [2.75, 3.05) is 6.54 Å². The normalized spacial score (nSPS) is 10.8. The summed E-state index contributed by atoms with van der Waals surface area (Å²) in [5.74, 6) is 1.01. The third kappa shape index (κ3) is 5.01. The molecule has 2 heterocycles. The van der Waals surface area contributed by atoms with Crippen LogP contribution in [0.5, 0.6) is 0 Å². The third-order valence-electron chi connectivity index (χ3n) is 3.80. The molecule has 0 unspecified atom stereocenters. The van der Waals surface area contributed by atoms with Gasteiger partial charge in [0.05, 0.1) is 0 Å². The number of carbonyl (C=O) groups is 1. The van der Waals surface area contributed by atoms with Crippen LogP contribution >= 0.6 is 0 Å². The van der Waals surface area contributed by atoms with Gasteiger partial charge in [-0.25, -0.2) is 4.98 Å². The fourth-order valence-electron chi connectivity index (χ4n) is 2.37. The molecule has 0 bridgehead atoms. The summed E-state index contributed by atoms with van der Waals surface area (Å²) in [6.07, 6.45) is 4.94. The quantitative estimate of drug-likeness (QED) is 0.816. The fourth-order valence-corrected chi connectivity index (χ4v) is 2.37. The maximum atomic E-state index is 12.3. The van der Waals surface area contributed by atoms with Crippen molar-refractivity contribution in [3.63, 3.8) is 0 Å². The Labute approximate surface area is 141 Å². The van der Waals surface area contributed by atoms with Gasteiger partial charge >= 0.3 is 0 Å². The van der Waals surface area contributed by atoms with E-state index in [0.29, 0.717) is 36.0 Å². The van der Waals surface area contributed by atoms with Crippen LogP contribution in [-0.2, 0) is 11.2 Å². The van der Waals surface area contributed by atoms with Crippen molar-refractivity contribution in [3.05, 3.63) is 46.1 Å². The van der Waals surface area contributed by atoms with Crippen molar-refractivity contribution in [2.45, 2.75) is 40.0 Å². The van der Waals surface area contributed by atoms with E-state index < -0.39 is 0 Å². The highest BCUT2D eigenvalue weighted by atomic mass is 16.1. The third-order valence-corrected chi connectivity index (χ3v) is 3.80. The highest BCUT2D eigenvalue weighted by Crippen LogP contribution is 2.13. The average Bonchev–Trinajstić information content (AvgIpc) is 2.54. The van der Waals surface area contributed by atoms with E-state index >= 15 is 0 Å². The molecule has 0 radical (unpaired) electrons. The molecule has 0 aliphatic heterocycles. The lowest BCUT2D eigenvalue weighted by Gasteiger charge is -2.09. The molecule has 0 aromatic carbocycles. The molecule has 2 aromatic rings. The highest BCUT2D eigenvalue weighted by molar-refractivity contribution is 5.76. The molecule has 2 N–H and O–H groups in total. The summed E-state index contributed by atoms with van der Waals surface area (Å²) in [6.45, 7) is 6.69. The SMILES string of the molecule is Cc1nc(-c2cccnc2)[nH]c(=O)c1CCC(=O)NCCC(C)C. The summed E-state index contributed by atoms with van der Waals surface area (Å²) in [5.41, 5.74) is 1.77. The van der Waals surface area contributed by atoms with Gasteiger partial charge in [0.1, 0.15) is 5.82 Å². The van der Waals surface area contributed by atoms with E-state index in [-0.39, 0.29) is 17.9 Å². The van der Waals surface area contributed by atoms with E-state index in [9.17, 15) is 9.59 Å². The molecule has 0 aliphatic rings. The lowest BCUT2D eigenvalue weighted by molar-refractivity contribution is -0.121. The molecule has 0 aliphatic carbocycles. The van der Waals surface area contributed by atoms with Gasteiger partial charge in [-0.15, -0.1) is 0 Å². The zero-order chi connectivity index (χ0) is 17.5. The van der Waals surface area contributed by atoms with Gasteiger partial charge in [0.2, 0.25) is 5.91 Å². The summed E-state index contributed by atoms with van der Waals surface area (Å²) in [6, 6.07) is 3.63. The van der Waals surface area contributed by atoms with Crippen molar-refractivity contribution in [2.24, 2.45) is 5.92 Å². The Kier molecular flexibility index (Phi) is 6.23. The van der Waals surface area contributed by atoms with Crippen molar-refractivity contribution in [1.82, 2.24) is 20.3 Å². The number of H-pyrrole nitrogens is 1. The number of aryl methyl sites for hydroxylation is 1. The Morgan fingerprint density at radius 3 is 2.79 bits per heavy atom. The number of amides is 1. The van der Waals surface area contributed by atoms with E-state index in [1.807, 2.05) is 6.07 Å². The Balaban J connectivity index is 2.02. The summed E-state index contributed by atoms with van der Waals surface area (Å²) in [7, 11) is 0. The van der Waals surface area contributed by atoms with Gasteiger partial charge in [-0.2, -0.15) is 0 Å². The fraction of sp³-hybridized carbons (Fsp3) is 0.444. The number of nitrogens with zero attached hydrogens (tertiary/aromatic N) is 2. The molecule has 0 saturated heterocycles. The Morgan fingerprint density at radius 1 is 1.38 bits per heavy atom. The van der Waals surface area contributed by atoms with Crippen molar-refractivity contribution < 1.29 is 4.79 Å². The number of pyridine rings is 1. The van der Waals surface area contributed by atoms with E-state index in [4.69, 9.17) is 0 Å². The minimum absolute atomic E-state index is 0.0363. The number of aromatic amines is 1. The molecular weight excluding hydrogens is 304 g/mol. The number of hydrogen-bond donors (Lipinski definition) is 2. The van der Waals surface area contributed by atoms with Gasteiger partial charge in [0, 0.05) is 42.2 Å². The lowest BCUT2D eigenvalue weighted by Crippen LogP contribution is -2.27. The zero-order valence-corrected chi connectivity index (χ0v) is 14.4. The molecule has 1 amide bonds. The molecule has 0 spiro atoms. The largest absolute Gasteiger partial charge is 0.356 e. The minimum Gasteiger partial charge on any atom is -0.356 e. The van der Waals surface area contributed by atoms with E-state index in [1.165, 1.54) is 0 Å². The second-order valence-electron chi connectivity index (χ2n) is 6.25. The summed E-state index contributed by atoms with van der Waals surface area (Å²) < 4.78 is 0. The average molecular weight is 328 g/mol. The minimum atomic E-state index is -0.198. The van der Waals surface area contributed by atoms with Crippen molar-refractivity contribution in [3.8, 4) is 11.4 Å². The number of hydrogen-bond acceptors (Lipinski definition) is 4. The predicted molar refractivity (Wildman–Crippen MR) is 93.6 cm³/mol. The summed E-state index contributed by atoms with van der Waals surface area (Å²) in [5, 5.41) is 2.88. The molecule has 2 aromatic heterocycles. The van der Waals surface area contributed by atoms with Gasteiger partial charge in [-0.1, -0.05) is 13.8 Å². The van der Waals surface area contributed by atoms with Gasteiger partial charge in [-0.3, -0.25) is 14.6 Å². The zero-order valence-electron chi connectivity index (χ0n) is 14.4. The standard InChI is InChI=1S/C18H24N4O2/c1-12(2)8-10-20-16(23)7-6-15-13(3)21-17(22-18(15)24)14-5-4-9-19-11-14/h4-5,9,11-12H,6-8,10H2,1-3H3,(H,20,23)(H,21,22,24).